The van der Waals surface area contributed by atoms with Crippen molar-refractivity contribution in [1.82, 2.24) is 29.5 Å². The number of pyridine rings is 2. The number of benzene rings is 2. The molecule has 0 fully saturated rings. The highest BCUT2D eigenvalue weighted by molar-refractivity contribution is 6.17. The van der Waals surface area contributed by atoms with Crippen LogP contribution in [0.25, 0.3) is 22.8 Å². The lowest BCUT2D eigenvalue weighted by Crippen LogP contribution is -2.14. The van der Waals surface area contributed by atoms with E-state index in [4.69, 9.17) is 26.6 Å². The minimum atomic E-state index is -4.29. The van der Waals surface area contributed by atoms with Gasteiger partial charge in [0.25, 0.3) is 0 Å². The Hall–Kier alpha value is -6.14. The van der Waals surface area contributed by atoms with Gasteiger partial charge in [-0.05, 0) is 54.1 Å². The Bertz CT molecular complexity index is 2230. The van der Waals surface area contributed by atoms with Gasteiger partial charge >= 0.3 is 12.4 Å². The van der Waals surface area contributed by atoms with Crippen molar-refractivity contribution >= 4 is 36.6 Å². The number of carbonyl (C=O) groups is 2. The third-order valence-corrected chi connectivity index (χ3v) is 8.07. The van der Waals surface area contributed by atoms with Crippen molar-refractivity contribution in [2.75, 3.05) is 0 Å². The molecule has 4 aromatic heterocycles. The number of aldehydes is 2. The highest BCUT2D eigenvalue weighted by Gasteiger charge is 2.28. The van der Waals surface area contributed by atoms with Crippen molar-refractivity contribution in [3.63, 3.8) is 0 Å². The highest BCUT2D eigenvalue weighted by Crippen LogP contribution is 2.30. The minimum absolute atomic E-state index is 0. The number of aromatic nitrogens is 6. The van der Waals surface area contributed by atoms with Crippen LogP contribution in [0.3, 0.4) is 0 Å². The largest absolute Gasteiger partial charge is 0.507 e. The highest BCUT2D eigenvalue weighted by atomic mass is 35.5. The van der Waals surface area contributed by atoms with Crippen LogP contribution < -0.4 is 4.74 Å². The Morgan fingerprint density at radius 2 is 1.07 bits per heavy atom. The SMILES string of the molecule is Cl.FC(F)(F)CCn1nccc1-c1ncccc1CCl.O=Cc1c(O)cccc1O.O=Cc1c(O)cccc1OCc1cccnc1-c1ccnn1CCC(F)(F)F. The molecule has 6 rings (SSSR count). The molecular formula is C38H34Cl2F6N6O6. The van der Waals surface area contributed by atoms with Crippen molar-refractivity contribution in [1.29, 1.82) is 0 Å². The van der Waals surface area contributed by atoms with Gasteiger partial charge in [-0.15, -0.1) is 24.0 Å². The molecule has 3 N–H and O–H groups in total. The Kier molecular flexibility index (Phi) is 17.1. The van der Waals surface area contributed by atoms with Gasteiger partial charge in [0.2, 0.25) is 0 Å². The number of phenolic OH excluding ortho intramolecular Hbond substituents is 3. The normalized spacial score (nSPS) is 10.9. The van der Waals surface area contributed by atoms with E-state index >= 15 is 0 Å². The van der Waals surface area contributed by atoms with Gasteiger partial charge in [-0.2, -0.15) is 36.5 Å². The second-order valence-electron chi connectivity index (χ2n) is 11.7. The van der Waals surface area contributed by atoms with Gasteiger partial charge in [0.05, 0.1) is 59.8 Å². The van der Waals surface area contributed by atoms with Crippen LogP contribution in [0.5, 0.6) is 23.0 Å². The molecule has 20 heteroatoms. The summed E-state index contributed by atoms with van der Waals surface area (Å²) in [6, 6.07) is 18.7. The maximum atomic E-state index is 12.5. The molecule has 0 bridgehead atoms. The summed E-state index contributed by atoms with van der Waals surface area (Å²) in [5.74, 6) is -0.169. The number of phenols is 3. The molecular weight excluding hydrogens is 821 g/mol. The number of aryl methyl sites for hydroxylation is 2. The van der Waals surface area contributed by atoms with E-state index in [2.05, 4.69) is 20.2 Å². The lowest BCUT2D eigenvalue weighted by Gasteiger charge is -2.14. The van der Waals surface area contributed by atoms with Gasteiger partial charge < -0.3 is 20.1 Å². The lowest BCUT2D eigenvalue weighted by molar-refractivity contribution is -0.138. The van der Waals surface area contributed by atoms with E-state index in [-0.39, 0.29) is 72.1 Å². The fourth-order valence-electron chi connectivity index (χ4n) is 5.05. The van der Waals surface area contributed by atoms with Crippen LogP contribution in [-0.2, 0) is 25.6 Å². The summed E-state index contributed by atoms with van der Waals surface area (Å²) in [4.78, 5) is 29.7. The molecule has 0 atom stereocenters. The summed E-state index contributed by atoms with van der Waals surface area (Å²) >= 11 is 5.80. The fraction of sp³-hybridized carbons (Fsp3) is 0.211. The van der Waals surface area contributed by atoms with Crippen LogP contribution >= 0.6 is 24.0 Å². The third kappa shape index (κ3) is 13.2. The maximum Gasteiger partial charge on any atom is 0.390 e. The minimum Gasteiger partial charge on any atom is -0.507 e. The number of ether oxygens (including phenoxy) is 1. The quantitative estimate of drug-likeness (QED) is 0.0615. The number of aromatic hydroxyl groups is 3. The van der Waals surface area contributed by atoms with Crippen LogP contribution in [0.4, 0.5) is 26.3 Å². The number of hydrogen-bond donors (Lipinski definition) is 3. The summed E-state index contributed by atoms with van der Waals surface area (Å²) in [5.41, 5.74) is 3.27. The van der Waals surface area contributed by atoms with Crippen LogP contribution in [0.2, 0.25) is 0 Å². The Balaban J connectivity index is 0.000000258. The molecule has 0 radical (unpaired) electrons. The number of nitrogens with zero attached hydrogens (tertiary/aromatic N) is 6. The monoisotopic (exact) mass is 854 g/mol. The van der Waals surface area contributed by atoms with E-state index < -0.39 is 25.2 Å². The first-order chi connectivity index (χ1) is 27.2. The van der Waals surface area contributed by atoms with Crippen LogP contribution in [0.1, 0.15) is 44.7 Å². The number of hydrogen-bond acceptors (Lipinski definition) is 10. The lowest BCUT2D eigenvalue weighted by atomic mass is 10.1. The Morgan fingerprint density at radius 3 is 1.52 bits per heavy atom. The summed E-state index contributed by atoms with van der Waals surface area (Å²) in [7, 11) is 0. The van der Waals surface area contributed by atoms with Gasteiger partial charge in [-0.3, -0.25) is 28.9 Å². The van der Waals surface area contributed by atoms with Crippen LogP contribution in [0.15, 0.2) is 97.6 Å². The molecule has 0 aliphatic heterocycles. The van der Waals surface area contributed by atoms with Crippen molar-refractivity contribution in [2.45, 2.75) is 50.8 Å². The predicted octanol–water partition coefficient (Wildman–Crippen LogP) is 8.96. The average molecular weight is 856 g/mol. The first kappa shape index (κ1) is 46.2. The van der Waals surface area contributed by atoms with Crippen molar-refractivity contribution in [2.24, 2.45) is 0 Å². The van der Waals surface area contributed by atoms with Crippen molar-refractivity contribution in [3.8, 4) is 45.8 Å². The third-order valence-electron chi connectivity index (χ3n) is 7.78. The summed E-state index contributed by atoms with van der Waals surface area (Å²) in [6.45, 7) is -0.563. The van der Waals surface area contributed by atoms with E-state index in [0.717, 1.165) is 5.56 Å². The number of rotatable bonds is 12. The molecule has 6 aromatic rings. The molecule has 0 aliphatic rings. The second-order valence-corrected chi connectivity index (χ2v) is 12.0. The molecule has 0 unspecified atom stereocenters. The molecule has 0 aliphatic carbocycles. The zero-order valence-corrected chi connectivity index (χ0v) is 31.5. The molecule has 0 amide bonds. The molecule has 0 spiro atoms. The van der Waals surface area contributed by atoms with E-state index in [1.807, 2.05) is 0 Å². The first-order valence-corrected chi connectivity index (χ1v) is 17.2. The predicted molar refractivity (Wildman–Crippen MR) is 202 cm³/mol. The molecule has 58 heavy (non-hydrogen) atoms. The molecule has 0 saturated heterocycles. The number of carbonyl (C=O) groups excluding carboxylic acids is 2. The van der Waals surface area contributed by atoms with Crippen LogP contribution in [0, 0.1) is 0 Å². The van der Waals surface area contributed by atoms with E-state index in [9.17, 15) is 41.0 Å². The second kappa shape index (κ2) is 21.4. The zero-order valence-electron chi connectivity index (χ0n) is 29.9. The molecule has 4 heterocycles. The molecule has 0 saturated carbocycles. The molecule has 308 valence electrons. The molecule has 12 nitrogen and oxygen atoms in total. The summed E-state index contributed by atoms with van der Waals surface area (Å²) < 4.78 is 82.6. The van der Waals surface area contributed by atoms with Gasteiger partial charge in [-0.25, -0.2) is 0 Å². The Morgan fingerprint density at radius 1 is 0.621 bits per heavy atom. The topological polar surface area (TPSA) is 165 Å². The van der Waals surface area contributed by atoms with E-state index in [0.29, 0.717) is 40.9 Å². The van der Waals surface area contributed by atoms with Gasteiger partial charge in [0.1, 0.15) is 29.6 Å². The van der Waals surface area contributed by atoms with Crippen molar-refractivity contribution < 1.29 is 56.0 Å². The van der Waals surface area contributed by atoms with Crippen LogP contribution in [-0.4, -0.2) is 69.8 Å². The van der Waals surface area contributed by atoms with Gasteiger partial charge in [-0.1, -0.05) is 24.3 Å². The van der Waals surface area contributed by atoms with E-state index in [1.165, 1.54) is 64.4 Å². The maximum absolute atomic E-state index is 12.5. The van der Waals surface area contributed by atoms with E-state index in [1.54, 1.807) is 42.6 Å². The average Bonchev–Trinajstić information content (AvgIpc) is 3.86. The standard InChI is InChI=1S/C19H16F3N3O3.C12H11ClF3N3.C7H6O3.ClH/c20-19(21,22)7-10-25-15(6-9-24-25)18-13(3-2-8-23-18)12-28-17-5-1-4-16(27)14(17)11-26;13-8-9-2-1-5-17-11(9)10-3-6-18-19(10)7-4-12(14,15)16;8-4-5-6(9)2-1-3-7(5)10;/h1-6,8-9,11,27H,7,10,12H2;1-3,5-6H,4,7-8H2;1-4,9-10H;1H. The smallest absolute Gasteiger partial charge is 0.390 e. The number of alkyl halides is 7. The Labute approximate surface area is 337 Å². The van der Waals surface area contributed by atoms with Crippen molar-refractivity contribution in [3.05, 3.63) is 120 Å². The number of halogens is 8. The zero-order chi connectivity index (χ0) is 41.6. The first-order valence-electron chi connectivity index (χ1n) is 16.6. The summed E-state index contributed by atoms with van der Waals surface area (Å²) in [5, 5.41) is 35.4. The van der Waals surface area contributed by atoms with Gasteiger partial charge in [0, 0.05) is 36.2 Å². The van der Waals surface area contributed by atoms with Gasteiger partial charge in [0.15, 0.2) is 12.6 Å². The summed E-state index contributed by atoms with van der Waals surface area (Å²) in [6.07, 6.45) is -3.58. The fourth-order valence-corrected chi connectivity index (χ4v) is 5.26. The molecule has 2 aromatic carbocycles.